The average Bonchev–Trinajstić information content (AvgIpc) is 3.44. The molecule has 1 heterocycles. The highest BCUT2D eigenvalue weighted by Crippen LogP contribution is 2.44. The lowest BCUT2D eigenvalue weighted by Crippen LogP contribution is -2.37. The fourth-order valence-electron chi connectivity index (χ4n) is 5.19. The number of carboxylic acid groups (broad SMARTS) is 1. The average molecular weight is 471 g/mol. The Morgan fingerprint density at radius 3 is 2.23 bits per heavy atom. The van der Waals surface area contributed by atoms with E-state index in [-0.39, 0.29) is 30.9 Å². The number of rotatable bonds is 6. The van der Waals surface area contributed by atoms with Crippen molar-refractivity contribution < 1.29 is 24.2 Å². The number of aliphatic carboxylic acids is 1. The number of amides is 2. The zero-order valence-electron chi connectivity index (χ0n) is 19.1. The maximum atomic E-state index is 13.2. The molecule has 0 bridgehead atoms. The Kier molecular flexibility index (Phi) is 6.23. The second kappa shape index (κ2) is 9.62. The minimum absolute atomic E-state index is 0.0635. The van der Waals surface area contributed by atoms with Crippen molar-refractivity contribution in [2.75, 3.05) is 18.5 Å². The van der Waals surface area contributed by atoms with Crippen LogP contribution in [-0.2, 0) is 9.53 Å². The van der Waals surface area contributed by atoms with Crippen LogP contribution in [0.15, 0.2) is 72.8 Å². The van der Waals surface area contributed by atoms with E-state index < -0.39 is 12.1 Å². The zero-order valence-corrected chi connectivity index (χ0v) is 19.1. The van der Waals surface area contributed by atoms with Crippen molar-refractivity contribution in [3.05, 3.63) is 89.5 Å². The molecule has 7 nitrogen and oxygen atoms in total. The minimum atomic E-state index is -0.931. The number of likely N-dealkylation sites (tertiary alicyclic amines) is 1. The molecule has 0 aromatic heterocycles. The topological polar surface area (TPSA) is 95.9 Å². The normalized spacial score (nSPS) is 16.5. The lowest BCUT2D eigenvalue weighted by atomic mass is 9.98. The number of anilines is 1. The molecule has 1 aliphatic carbocycles. The van der Waals surface area contributed by atoms with Crippen LogP contribution in [0.3, 0.4) is 0 Å². The molecule has 5 rings (SSSR count). The van der Waals surface area contributed by atoms with Gasteiger partial charge >= 0.3 is 12.1 Å². The van der Waals surface area contributed by atoms with Crippen molar-refractivity contribution in [2.45, 2.75) is 31.2 Å². The lowest BCUT2D eigenvalue weighted by Gasteiger charge is -2.24. The monoisotopic (exact) mass is 470 g/mol. The molecule has 7 heteroatoms. The van der Waals surface area contributed by atoms with Crippen LogP contribution < -0.4 is 5.32 Å². The molecular formula is C28H26N2O5. The van der Waals surface area contributed by atoms with Gasteiger partial charge in [0.15, 0.2) is 0 Å². The first-order valence-electron chi connectivity index (χ1n) is 11.8. The van der Waals surface area contributed by atoms with Crippen molar-refractivity contribution in [1.82, 2.24) is 4.90 Å². The third-order valence-corrected chi connectivity index (χ3v) is 6.79. The van der Waals surface area contributed by atoms with E-state index in [9.17, 15) is 19.5 Å². The number of nitrogens with one attached hydrogen (secondary N) is 1. The second-order valence-electron chi connectivity index (χ2n) is 8.89. The molecule has 35 heavy (non-hydrogen) atoms. The number of hydrogen-bond donors (Lipinski definition) is 2. The van der Waals surface area contributed by atoms with Crippen molar-refractivity contribution in [2.24, 2.45) is 0 Å². The summed E-state index contributed by atoms with van der Waals surface area (Å²) in [5.74, 6) is -1.28. The Bertz CT molecular complexity index is 1240. The molecule has 178 valence electrons. The number of ether oxygens (including phenoxy) is 1. The van der Waals surface area contributed by atoms with Gasteiger partial charge in [-0.25, -0.2) is 4.79 Å². The predicted octanol–water partition coefficient (Wildman–Crippen LogP) is 5.13. The van der Waals surface area contributed by atoms with Crippen molar-refractivity contribution in [3.63, 3.8) is 0 Å². The summed E-state index contributed by atoms with van der Waals surface area (Å²) in [6.45, 7) is 0.666. The standard InChI is InChI=1S/C28H26N2O5/c31-26(32)16-18-8-7-15-30(18)27(33)23-13-5-6-14-25(23)29-28(34)35-17-24-21-11-3-1-9-19(21)20-10-2-4-12-22(20)24/h1-6,9-14,18,24H,7-8,15-17H2,(H,29,34)(H,31,32)/t18-/m0/s1. The van der Waals surface area contributed by atoms with Crippen molar-refractivity contribution >= 4 is 23.7 Å². The van der Waals surface area contributed by atoms with E-state index in [0.717, 1.165) is 28.7 Å². The number of carbonyl (C=O) groups is 3. The van der Waals surface area contributed by atoms with Crippen molar-refractivity contribution in [3.8, 4) is 11.1 Å². The Morgan fingerprint density at radius 2 is 1.54 bits per heavy atom. The summed E-state index contributed by atoms with van der Waals surface area (Å²) in [6.07, 6.45) is 0.676. The van der Waals surface area contributed by atoms with E-state index in [1.807, 2.05) is 24.3 Å². The first-order valence-corrected chi connectivity index (χ1v) is 11.8. The number of hydrogen-bond acceptors (Lipinski definition) is 4. The molecule has 1 saturated heterocycles. The Labute approximate surface area is 203 Å². The fraction of sp³-hybridized carbons (Fsp3) is 0.250. The quantitative estimate of drug-likeness (QED) is 0.521. The molecule has 3 aromatic carbocycles. The third kappa shape index (κ3) is 4.49. The Morgan fingerprint density at radius 1 is 0.914 bits per heavy atom. The number of carbonyl (C=O) groups excluding carboxylic acids is 2. The summed E-state index contributed by atoms with van der Waals surface area (Å²) in [6, 6.07) is 22.6. The highest BCUT2D eigenvalue weighted by molar-refractivity contribution is 6.03. The van der Waals surface area contributed by atoms with Gasteiger partial charge in [-0.15, -0.1) is 0 Å². The van der Waals surface area contributed by atoms with E-state index in [2.05, 4.69) is 29.6 Å². The first kappa shape index (κ1) is 22.7. The van der Waals surface area contributed by atoms with Crippen LogP contribution in [0, 0.1) is 0 Å². The predicted molar refractivity (Wildman–Crippen MR) is 131 cm³/mol. The van der Waals surface area contributed by atoms with Crippen LogP contribution in [0.25, 0.3) is 11.1 Å². The van der Waals surface area contributed by atoms with Crippen LogP contribution >= 0.6 is 0 Å². The largest absolute Gasteiger partial charge is 0.481 e. The van der Waals surface area contributed by atoms with E-state index in [0.29, 0.717) is 24.2 Å². The maximum absolute atomic E-state index is 13.2. The van der Waals surface area contributed by atoms with Crippen LogP contribution in [-0.4, -0.2) is 47.2 Å². The summed E-state index contributed by atoms with van der Waals surface area (Å²) >= 11 is 0. The van der Waals surface area contributed by atoms with Gasteiger partial charge in [-0.3, -0.25) is 14.9 Å². The van der Waals surface area contributed by atoms with Gasteiger partial charge in [-0.1, -0.05) is 60.7 Å². The Balaban J connectivity index is 1.29. The summed E-state index contributed by atoms with van der Waals surface area (Å²) in [5.41, 5.74) is 5.20. The molecule has 1 aliphatic heterocycles. The Hall–Kier alpha value is -4.13. The van der Waals surface area contributed by atoms with Gasteiger partial charge in [0, 0.05) is 18.5 Å². The van der Waals surface area contributed by atoms with Crippen LogP contribution in [0.5, 0.6) is 0 Å². The van der Waals surface area contributed by atoms with E-state index in [1.54, 1.807) is 29.2 Å². The van der Waals surface area contributed by atoms with Crippen LogP contribution in [0.2, 0.25) is 0 Å². The molecular weight excluding hydrogens is 444 g/mol. The molecule has 0 spiro atoms. The van der Waals surface area contributed by atoms with Gasteiger partial charge in [0.05, 0.1) is 17.7 Å². The van der Waals surface area contributed by atoms with Gasteiger partial charge in [0.2, 0.25) is 0 Å². The van der Waals surface area contributed by atoms with Crippen LogP contribution in [0.1, 0.15) is 46.7 Å². The second-order valence-corrected chi connectivity index (χ2v) is 8.89. The van der Waals surface area contributed by atoms with Gasteiger partial charge in [0.1, 0.15) is 6.61 Å². The van der Waals surface area contributed by atoms with E-state index in [4.69, 9.17) is 4.74 Å². The number of fused-ring (bicyclic) bond motifs is 3. The van der Waals surface area contributed by atoms with Crippen molar-refractivity contribution in [1.29, 1.82) is 0 Å². The zero-order chi connectivity index (χ0) is 24.4. The molecule has 0 unspecified atom stereocenters. The van der Waals surface area contributed by atoms with Gasteiger partial charge < -0.3 is 14.7 Å². The number of carboxylic acids is 1. The summed E-state index contributed by atoms with van der Waals surface area (Å²) in [5, 5.41) is 11.9. The summed E-state index contributed by atoms with van der Waals surface area (Å²) in [4.78, 5) is 38.8. The molecule has 0 radical (unpaired) electrons. The minimum Gasteiger partial charge on any atom is -0.481 e. The molecule has 1 fully saturated rings. The molecule has 3 aromatic rings. The highest BCUT2D eigenvalue weighted by Gasteiger charge is 2.32. The fourth-order valence-corrected chi connectivity index (χ4v) is 5.19. The number of benzene rings is 3. The smallest absolute Gasteiger partial charge is 0.411 e. The number of nitrogens with zero attached hydrogens (tertiary/aromatic N) is 1. The van der Waals surface area contributed by atoms with E-state index >= 15 is 0 Å². The van der Waals surface area contributed by atoms with Crippen LogP contribution in [0.4, 0.5) is 10.5 Å². The molecule has 0 saturated carbocycles. The molecule has 1 atom stereocenters. The molecule has 2 aliphatic rings. The maximum Gasteiger partial charge on any atom is 0.411 e. The summed E-state index contributed by atoms with van der Waals surface area (Å²) < 4.78 is 5.62. The molecule has 2 N–H and O–H groups in total. The van der Waals surface area contributed by atoms with Gasteiger partial charge in [-0.2, -0.15) is 0 Å². The molecule has 2 amide bonds. The first-order chi connectivity index (χ1) is 17.0. The van der Waals surface area contributed by atoms with Gasteiger partial charge in [-0.05, 0) is 47.2 Å². The highest BCUT2D eigenvalue weighted by atomic mass is 16.5. The van der Waals surface area contributed by atoms with E-state index in [1.165, 1.54) is 0 Å². The summed E-state index contributed by atoms with van der Waals surface area (Å²) in [7, 11) is 0. The van der Waals surface area contributed by atoms with Gasteiger partial charge in [0.25, 0.3) is 5.91 Å². The third-order valence-electron chi connectivity index (χ3n) is 6.79. The SMILES string of the molecule is O=C(O)C[C@@H]1CCCN1C(=O)c1ccccc1NC(=O)OCC1c2ccccc2-c2ccccc21. The lowest BCUT2D eigenvalue weighted by molar-refractivity contribution is -0.137. The number of para-hydroxylation sites is 1.